The van der Waals surface area contributed by atoms with E-state index in [0.717, 1.165) is 48.6 Å². The van der Waals surface area contributed by atoms with Gasteiger partial charge in [0.15, 0.2) is 0 Å². The van der Waals surface area contributed by atoms with E-state index < -0.39 is 0 Å². The van der Waals surface area contributed by atoms with Crippen LogP contribution in [0, 0.1) is 5.92 Å². The van der Waals surface area contributed by atoms with E-state index in [-0.39, 0.29) is 6.04 Å². The van der Waals surface area contributed by atoms with Crippen LogP contribution < -0.4 is 19.7 Å². The maximum Gasteiger partial charge on any atom is 0.225 e. The maximum atomic E-state index is 5.81. The second kappa shape index (κ2) is 9.55. The highest BCUT2D eigenvalue weighted by atomic mass is 16.5. The predicted octanol–water partition coefficient (Wildman–Crippen LogP) is 3.28. The van der Waals surface area contributed by atoms with E-state index in [9.17, 15) is 0 Å². The first-order valence-electron chi connectivity index (χ1n) is 9.70. The van der Waals surface area contributed by atoms with Crippen molar-refractivity contribution in [3.8, 4) is 11.5 Å². The molecule has 3 rings (SSSR count). The minimum atomic E-state index is 0.217. The summed E-state index contributed by atoms with van der Waals surface area (Å²) in [5, 5.41) is 3.45. The Morgan fingerprint density at radius 3 is 2.56 bits per heavy atom. The quantitative estimate of drug-likeness (QED) is 0.770. The van der Waals surface area contributed by atoms with Gasteiger partial charge in [-0.2, -0.15) is 0 Å². The van der Waals surface area contributed by atoms with Crippen molar-refractivity contribution in [1.29, 1.82) is 0 Å². The van der Waals surface area contributed by atoms with Crippen molar-refractivity contribution in [2.45, 2.75) is 39.3 Å². The fourth-order valence-corrected chi connectivity index (χ4v) is 3.22. The second-order valence-electron chi connectivity index (χ2n) is 7.35. The van der Waals surface area contributed by atoms with Gasteiger partial charge in [0.1, 0.15) is 18.1 Å². The van der Waals surface area contributed by atoms with Gasteiger partial charge in [0.05, 0.1) is 7.11 Å². The van der Waals surface area contributed by atoms with Gasteiger partial charge >= 0.3 is 0 Å². The third-order valence-corrected chi connectivity index (χ3v) is 4.85. The number of benzene rings is 1. The summed E-state index contributed by atoms with van der Waals surface area (Å²) in [6.07, 6.45) is 6.37. The number of hydrogen-bond acceptors (Lipinski definition) is 6. The molecule has 6 heteroatoms. The lowest BCUT2D eigenvalue weighted by atomic mass is 10.0. The van der Waals surface area contributed by atoms with Crippen LogP contribution in [0.1, 0.15) is 32.3 Å². The molecule has 2 heterocycles. The SMILES string of the molecule is COc1ccc(OC[C@H](C)NCc2cnc(N3CCC[C@@H](C)C3)nc2)cc1. The zero-order valence-electron chi connectivity index (χ0n) is 16.5. The van der Waals surface area contributed by atoms with E-state index in [1.807, 2.05) is 36.7 Å². The fraction of sp³-hybridized carbons (Fsp3) is 0.524. The molecular weight excluding hydrogens is 340 g/mol. The molecule has 0 radical (unpaired) electrons. The van der Waals surface area contributed by atoms with Gasteiger partial charge in [0, 0.05) is 43.6 Å². The molecule has 0 bridgehead atoms. The molecule has 0 unspecified atom stereocenters. The first kappa shape index (κ1) is 19.4. The van der Waals surface area contributed by atoms with Crippen molar-refractivity contribution in [1.82, 2.24) is 15.3 Å². The van der Waals surface area contributed by atoms with Crippen LogP contribution in [-0.4, -0.2) is 42.8 Å². The molecule has 1 N–H and O–H groups in total. The van der Waals surface area contributed by atoms with Crippen molar-refractivity contribution in [3.05, 3.63) is 42.2 Å². The standard InChI is InChI=1S/C21H30N4O2/c1-16-5-4-10-25(14-16)21-23-12-18(13-24-21)11-22-17(2)15-27-20-8-6-19(26-3)7-9-20/h6-9,12-13,16-17,22H,4-5,10-11,14-15H2,1-3H3/t16-,17+/m1/s1. The number of nitrogens with zero attached hydrogens (tertiary/aromatic N) is 3. The summed E-state index contributed by atoms with van der Waals surface area (Å²) in [6.45, 7) is 7.83. The topological polar surface area (TPSA) is 59.5 Å². The van der Waals surface area contributed by atoms with Gasteiger partial charge in [0.25, 0.3) is 0 Å². The number of nitrogens with one attached hydrogen (secondary N) is 1. The van der Waals surface area contributed by atoms with Gasteiger partial charge < -0.3 is 19.7 Å². The van der Waals surface area contributed by atoms with Crippen molar-refractivity contribution in [3.63, 3.8) is 0 Å². The van der Waals surface area contributed by atoms with Crippen LogP contribution in [0.3, 0.4) is 0 Å². The van der Waals surface area contributed by atoms with Crippen LogP contribution in [-0.2, 0) is 6.54 Å². The lowest BCUT2D eigenvalue weighted by Crippen LogP contribution is -2.35. The van der Waals surface area contributed by atoms with E-state index in [1.165, 1.54) is 12.8 Å². The first-order chi connectivity index (χ1) is 13.1. The summed E-state index contributed by atoms with van der Waals surface area (Å²) in [4.78, 5) is 11.4. The summed E-state index contributed by atoms with van der Waals surface area (Å²) < 4.78 is 11.0. The number of methoxy groups -OCH3 is 1. The van der Waals surface area contributed by atoms with Crippen molar-refractivity contribution < 1.29 is 9.47 Å². The zero-order valence-corrected chi connectivity index (χ0v) is 16.5. The molecule has 0 saturated carbocycles. The number of anilines is 1. The van der Waals surface area contributed by atoms with Crippen molar-refractivity contribution in [2.75, 3.05) is 31.7 Å². The van der Waals surface area contributed by atoms with Crippen LogP contribution in [0.5, 0.6) is 11.5 Å². The largest absolute Gasteiger partial charge is 0.497 e. The van der Waals surface area contributed by atoms with E-state index in [2.05, 4.69) is 34.0 Å². The average molecular weight is 370 g/mol. The Balaban J connectivity index is 1.42. The Morgan fingerprint density at radius 2 is 1.89 bits per heavy atom. The van der Waals surface area contributed by atoms with Crippen LogP contribution >= 0.6 is 0 Å². The van der Waals surface area contributed by atoms with Crippen LogP contribution in [0.15, 0.2) is 36.7 Å². The fourth-order valence-electron chi connectivity index (χ4n) is 3.22. The van der Waals surface area contributed by atoms with E-state index >= 15 is 0 Å². The smallest absolute Gasteiger partial charge is 0.225 e. The second-order valence-corrected chi connectivity index (χ2v) is 7.35. The number of aromatic nitrogens is 2. The number of piperidine rings is 1. The molecule has 0 spiro atoms. The van der Waals surface area contributed by atoms with Crippen LogP contribution in [0.2, 0.25) is 0 Å². The summed E-state index contributed by atoms with van der Waals surface area (Å²) in [7, 11) is 1.66. The van der Waals surface area contributed by atoms with Crippen LogP contribution in [0.25, 0.3) is 0 Å². The molecule has 0 aliphatic carbocycles. The molecular formula is C21H30N4O2. The molecule has 146 valence electrons. The molecule has 2 aromatic rings. The minimum absolute atomic E-state index is 0.217. The highest BCUT2D eigenvalue weighted by molar-refractivity contribution is 5.31. The van der Waals surface area contributed by atoms with Gasteiger partial charge in [-0.3, -0.25) is 0 Å². The third-order valence-electron chi connectivity index (χ3n) is 4.85. The molecule has 1 aromatic carbocycles. The average Bonchev–Trinajstić information content (AvgIpc) is 2.71. The molecule has 0 amide bonds. The highest BCUT2D eigenvalue weighted by Crippen LogP contribution is 2.19. The molecule has 1 fully saturated rings. The summed E-state index contributed by atoms with van der Waals surface area (Å²) in [5.74, 6) is 3.24. The maximum absolute atomic E-state index is 5.81. The Morgan fingerprint density at radius 1 is 1.19 bits per heavy atom. The Bertz CT molecular complexity index is 690. The summed E-state index contributed by atoms with van der Waals surface area (Å²) >= 11 is 0. The van der Waals surface area contributed by atoms with Gasteiger partial charge in [-0.25, -0.2) is 9.97 Å². The normalized spacial score (nSPS) is 18.2. The van der Waals surface area contributed by atoms with Gasteiger partial charge in [-0.15, -0.1) is 0 Å². The highest BCUT2D eigenvalue weighted by Gasteiger charge is 2.18. The monoisotopic (exact) mass is 370 g/mol. The molecule has 1 aromatic heterocycles. The summed E-state index contributed by atoms with van der Waals surface area (Å²) in [6, 6.07) is 7.85. The lowest BCUT2D eigenvalue weighted by molar-refractivity contribution is 0.272. The Labute approximate surface area is 161 Å². The minimum Gasteiger partial charge on any atom is -0.497 e. The van der Waals surface area contributed by atoms with Crippen molar-refractivity contribution in [2.24, 2.45) is 5.92 Å². The zero-order chi connectivity index (χ0) is 19.1. The number of rotatable bonds is 8. The van der Waals surface area contributed by atoms with E-state index in [1.54, 1.807) is 7.11 Å². The first-order valence-corrected chi connectivity index (χ1v) is 9.70. The van der Waals surface area contributed by atoms with Crippen molar-refractivity contribution >= 4 is 5.95 Å². The van der Waals surface area contributed by atoms with E-state index in [4.69, 9.17) is 9.47 Å². The number of ether oxygens (including phenoxy) is 2. The number of hydrogen-bond donors (Lipinski definition) is 1. The summed E-state index contributed by atoms with van der Waals surface area (Å²) in [5.41, 5.74) is 1.08. The predicted molar refractivity (Wildman–Crippen MR) is 107 cm³/mol. The Kier molecular flexibility index (Phi) is 6.87. The third kappa shape index (κ3) is 5.82. The molecule has 1 aliphatic rings. The molecule has 2 atom stereocenters. The Hall–Kier alpha value is -2.34. The van der Waals surface area contributed by atoms with Gasteiger partial charge in [-0.05, 0) is 49.9 Å². The van der Waals surface area contributed by atoms with Gasteiger partial charge in [0.2, 0.25) is 5.95 Å². The molecule has 1 saturated heterocycles. The lowest BCUT2D eigenvalue weighted by Gasteiger charge is -2.30. The molecule has 1 aliphatic heterocycles. The van der Waals surface area contributed by atoms with E-state index in [0.29, 0.717) is 6.61 Å². The molecule has 27 heavy (non-hydrogen) atoms. The van der Waals surface area contributed by atoms with Crippen LogP contribution in [0.4, 0.5) is 5.95 Å². The molecule has 6 nitrogen and oxygen atoms in total. The van der Waals surface area contributed by atoms with Gasteiger partial charge in [-0.1, -0.05) is 6.92 Å².